The zero-order valence-electron chi connectivity index (χ0n) is 29.6. The maximum Gasteiger partial charge on any atom is 0.158 e. The van der Waals surface area contributed by atoms with Crippen LogP contribution in [0.15, 0.2) is 116 Å². The fourth-order valence-corrected chi connectivity index (χ4v) is 8.92. The molecule has 6 aromatic rings. The number of nitrogens with zero attached hydrogens (tertiary/aromatic N) is 9. The topological polar surface area (TPSA) is 58.1 Å². The Morgan fingerprint density at radius 2 is 0.870 bits per heavy atom. The van der Waals surface area contributed by atoms with Gasteiger partial charge in [-0.2, -0.15) is 0 Å². The first kappa shape index (κ1) is 33.6. The lowest BCUT2D eigenvalue weighted by Crippen LogP contribution is -2.36. The van der Waals surface area contributed by atoms with E-state index in [1.54, 1.807) is 18.3 Å². The summed E-state index contributed by atoms with van der Waals surface area (Å²) in [6, 6.07) is 30.9. The minimum atomic E-state index is -0.168. The third kappa shape index (κ3) is 4.98. The Bertz CT molecular complexity index is 2290. The van der Waals surface area contributed by atoms with Crippen LogP contribution in [0.2, 0.25) is 0 Å². The van der Waals surface area contributed by atoms with Gasteiger partial charge in [0.15, 0.2) is 17.5 Å². The van der Waals surface area contributed by atoms with Crippen molar-refractivity contribution in [3.05, 3.63) is 144 Å². The molecule has 0 radical (unpaired) electrons. The highest BCUT2D eigenvalue weighted by atomic mass is 19.1. The van der Waals surface area contributed by atoms with Crippen LogP contribution in [0.1, 0.15) is 24.1 Å². The number of rotatable bonds is 0. The van der Waals surface area contributed by atoms with Gasteiger partial charge in [0.05, 0.1) is 17.1 Å². The first-order chi connectivity index (χ1) is 25.9. The standard InChI is InChI=1S/2C14H12FN3.C14H13N3.CH4/c1-17-13-8-9-7-10(15)4-5-11(9)18(13)12-3-2-6-16-14(12)17;1-17-12-3-2-6-16-14(12)18-11-5-4-10(15)7-9(11)8-13(17)18;1-16-13-9-10-5-2-3-6-11(10)17(13)12-7-4-8-15-14(12)16;/h2*2-7,13H,8H2,1H3;2-8,13H,9H2,1H3;1H4. The van der Waals surface area contributed by atoms with Crippen molar-refractivity contribution in [2.24, 2.45) is 0 Å². The number of hydrogen-bond acceptors (Lipinski definition) is 9. The van der Waals surface area contributed by atoms with Gasteiger partial charge in [-0.15, -0.1) is 0 Å². The monoisotopic (exact) mass is 721 g/mol. The van der Waals surface area contributed by atoms with Crippen molar-refractivity contribution in [2.45, 2.75) is 45.2 Å². The normalized spacial score (nSPS) is 19.5. The zero-order chi connectivity index (χ0) is 36.0. The van der Waals surface area contributed by atoms with E-state index in [1.165, 1.54) is 29.1 Å². The molecule has 0 amide bonds. The molecule has 3 aromatic carbocycles. The van der Waals surface area contributed by atoms with E-state index in [1.807, 2.05) is 49.8 Å². The SMILES string of the molecule is C.CN1c2cccnc2N2c3ccc(F)cc3CC12.CN1c2ncccc2N2c3ccc(F)cc3CC12.CN1c2ncccc2N2c3ccccc3CC12. The van der Waals surface area contributed by atoms with Crippen molar-refractivity contribution in [1.29, 1.82) is 0 Å². The Labute approximate surface area is 314 Å². The molecule has 0 saturated heterocycles. The summed E-state index contributed by atoms with van der Waals surface area (Å²) in [4.78, 5) is 26.9. The molecule has 6 aliphatic heterocycles. The molecule has 0 N–H and O–H groups in total. The third-order valence-electron chi connectivity index (χ3n) is 11.4. The van der Waals surface area contributed by atoms with Crippen LogP contribution in [0.4, 0.5) is 60.4 Å². The molecule has 3 aromatic heterocycles. The Balaban J connectivity index is 0.000000106. The summed E-state index contributed by atoms with van der Waals surface area (Å²) in [6.07, 6.45) is 9.07. The van der Waals surface area contributed by atoms with Crippen LogP contribution in [0, 0.1) is 11.6 Å². The summed E-state index contributed by atoms with van der Waals surface area (Å²) in [7, 11) is 6.23. The first-order valence-corrected chi connectivity index (χ1v) is 17.9. The van der Waals surface area contributed by atoms with Crippen LogP contribution < -0.4 is 29.4 Å². The molecule has 272 valence electrons. The van der Waals surface area contributed by atoms with Gasteiger partial charge in [0.25, 0.3) is 0 Å². The fraction of sp³-hybridized carbons (Fsp3) is 0.233. The van der Waals surface area contributed by atoms with Gasteiger partial charge in [0.1, 0.15) is 30.1 Å². The van der Waals surface area contributed by atoms with Crippen molar-refractivity contribution in [1.82, 2.24) is 15.0 Å². The highest BCUT2D eigenvalue weighted by Crippen LogP contribution is 2.50. The summed E-state index contributed by atoms with van der Waals surface area (Å²) in [6.45, 7) is 0. The van der Waals surface area contributed by atoms with Crippen molar-refractivity contribution in [2.75, 3.05) is 50.5 Å². The average molecular weight is 722 g/mol. The number of fused-ring (bicyclic) bond motifs is 15. The van der Waals surface area contributed by atoms with E-state index in [-0.39, 0.29) is 31.4 Å². The second kappa shape index (κ2) is 12.7. The smallest absolute Gasteiger partial charge is 0.158 e. The molecule has 9 heterocycles. The lowest BCUT2D eigenvalue weighted by Gasteiger charge is -2.23. The lowest BCUT2D eigenvalue weighted by atomic mass is 10.1. The number of para-hydroxylation sites is 1. The van der Waals surface area contributed by atoms with Crippen molar-refractivity contribution in [3.63, 3.8) is 0 Å². The predicted molar refractivity (Wildman–Crippen MR) is 213 cm³/mol. The van der Waals surface area contributed by atoms with Gasteiger partial charge in [0, 0.05) is 76.1 Å². The molecule has 9 nitrogen and oxygen atoms in total. The molecule has 3 unspecified atom stereocenters. The maximum absolute atomic E-state index is 13.3. The molecule has 0 fully saturated rings. The predicted octanol–water partition coefficient (Wildman–Crippen LogP) is 8.57. The number of anilines is 9. The van der Waals surface area contributed by atoms with Gasteiger partial charge in [0.2, 0.25) is 0 Å². The van der Waals surface area contributed by atoms with Crippen LogP contribution in [-0.4, -0.2) is 54.6 Å². The number of aromatic nitrogens is 3. The fourth-order valence-electron chi connectivity index (χ4n) is 8.92. The van der Waals surface area contributed by atoms with E-state index in [0.717, 1.165) is 70.6 Å². The van der Waals surface area contributed by atoms with Crippen molar-refractivity contribution >= 4 is 51.6 Å². The molecule has 11 heteroatoms. The summed E-state index contributed by atoms with van der Waals surface area (Å²) in [5, 5.41) is 0. The van der Waals surface area contributed by atoms with Crippen molar-refractivity contribution < 1.29 is 8.78 Å². The van der Waals surface area contributed by atoms with Gasteiger partial charge in [-0.05, 0) is 95.6 Å². The van der Waals surface area contributed by atoms with E-state index >= 15 is 0 Å². The van der Waals surface area contributed by atoms with Crippen LogP contribution in [0.25, 0.3) is 0 Å². The number of benzene rings is 3. The largest absolute Gasteiger partial charge is 0.351 e. The molecule has 3 atom stereocenters. The van der Waals surface area contributed by atoms with E-state index in [2.05, 4.69) is 101 Å². The molecule has 12 rings (SSSR count). The van der Waals surface area contributed by atoms with E-state index in [0.29, 0.717) is 6.17 Å². The van der Waals surface area contributed by atoms with Gasteiger partial charge < -0.3 is 29.4 Å². The Morgan fingerprint density at radius 1 is 0.444 bits per heavy atom. The molecule has 0 aliphatic carbocycles. The van der Waals surface area contributed by atoms with Crippen LogP contribution >= 0.6 is 0 Å². The highest BCUT2D eigenvalue weighted by molar-refractivity contribution is 5.86. The van der Waals surface area contributed by atoms with Crippen molar-refractivity contribution in [3.8, 4) is 0 Å². The number of pyridine rings is 3. The van der Waals surface area contributed by atoms with Gasteiger partial charge in [-0.1, -0.05) is 25.6 Å². The second-order valence-corrected chi connectivity index (χ2v) is 14.2. The molecular formula is C43H41F2N9. The molecular weight excluding hydrogens is 681 g/mol. The summed E-state index contributed by atoms with van der Waals surface area (Å²) in [5.41, 5.74) is 10.5. The highest BCUT2D eigenvalue weighted by Gasteiger charge is 2.43. The Hall–Kier alpha value is -6.23. The molecule has 6 aliphatic rings. The average Bonchev–Trinajstić information content (AvgIpc) is 4.01. The molecule has 0 spiro atoms. The second-order valence-electron chi connectivity index (χ2n) is 14.2. The summed E-state index contributed by atoms with van der Waals surface area (Å²) >= 11 is 0. The van der Waals surface area contributed by atoms with Gasteiger partial charge in [-0.25, -0.2) is 23.7 Å². The van der Waals surface area contributed by atoms with Crippen LogP contribution in [0.5, 0.6) is 0 Å². The van der Waals surface area contributed by atoms with Gasteiger partial charge in [-0.3, -0.25) is 0 Å². The zero-order valence-corrected chi connectivity index (χ0v) is 29.6. The molecule has 0 saturated carbocycles. The summed E-state index contributed by atoms with van der Waals surface area (Å²) < 4.78 is 26.6. The minimum absolute atomic E-state index is 0. The molecule has 0 bridgehead atoms. The van der Waals surface area contributed by atoms with Gasteiger partial charge >= 0.3 is 0 Å². The van der Waals surface area contributed by atoms with E-state index in [9.17, 15) is 8.78 Å². The first-order valence-electron chi connectivity index (χ1n) is 17.9. The maximum atomic E-state index is 13.3. The third-order valence-corrected chi connectivity index (χ3v) is 11.4. The van der Waals surface area contributed by atoms with E-state index < -0.39 is 0 Å². The Morgan fingerprint density at radius 3 is 1.44 bits per heavy atom. The Kier molecular flexibility index (Phi) is 7.91. The van der Waals surface area contributed by atoms with Crippen LogP contribution in [-0.2, 0) is 19.3 Å². The van der Waals surface area contributed by atoms with E-state index in [4.69, 9.17) is 0 Å². The molecule has 54 heavy (non-hydrogen) atoms. The minimum Gasteiger partial charge on any atom is -0.351 e. The lowest BCUT2D eigenvalue weighted by molar-refractivity contribution is 0.625. The summed E-state index contributed by atoms with van der Waals surface area (Å²) in [5.74, 6) is 2.72. The van der Waals surface area contributed by atoms with Crippen LogP contribution in [0.3, 0.4) is 0 Å². The quantitative estimate of drug-likeness (QED) is 0.154. The number of hydrogen-bond donors (Lipinski definition) is 0. The number of halogens is 2. The number of likely N-dealkylation sites (N-methyl/N-ethyl adjacent to an activating group) is 3.